The van der Waals surface area contributed by atoms with Gasteiger partial charge in [0.25, 0.3) is 0 Å². The fourth-order valence-electron chi connectivity index (χ4n) is 2.95. The summed E-state index contributed by atoms with van der Waals surface area (Å²) in [6.07, 6.45) is 0. The average molecular weight is 431 g/mol. The first-order valence-electron chi connectivity index (χ1n) is 9.25. The number of aryl methyl sites for hydroxylation is 1. The van der Waals surface area contributed by atoms with Crippen molar-refractivity contribution in [3.63, 3.8) is 0 Å². The Kier molecular flexibility index (Phi) is 6.27. The van der Waals surface area contributed by atoms with Crippen molar-refractivity contribution in [2.75, 3.05) is 5.32 Å². The number of amides is 1. The summed E-state index contributed by atoms with van der Waals surface area (Å²) >= 11 is 6.11. The van der Waals surface area contributed by atoms with Crippen molar-refractivity contribution in [1.29, 1.82) is 0 Å². The number of halogens is 1. The number of fused-ring (bicyclic) bond motifs is 1. The van der Waals surface area contributed by atoms with Crippen LogP contribution in [-0.4, -0.2) is 20.4 Å². The Morgan fingerprint density at radius 3 is 2.31 bits per heavy atom. The van der Waals surface area contributed by atoms with Crippen molar-refractivity contribution in [2.24, 2.45) is 5.92 Å². The third kappa shape index (κ3) is 4.96. The van der Waals surface area contributed by atoms with E-state index in [-0.39, 0.29) is 10.8 Å². The van der Waals surface area contributed by atoms with Crippen molar-refractivity contribution in [1.82, 2.24) is 4.72 Å². The van der Waals surface area contributed by atoms with Gasteiger partial charge in [-0.25, -0.2) is 8.42 Å². The highest BCUT2D eigenvalue weighted by Gasteiger charge is 2.28. The molecule has 0 heterocycles. The molecule has 3 aromatic carbocycles. The van der Waals surface area contributed by atoms with Gasteiger partial charge in [-0.2, -0.15) is 4.72 Å². The van der Waals surface area contributed by atoms with Crippen LogP contribution in [0, 0.1) is 12.8 Å². The molecule has 7 heteroatoms. The number of hydrogen-bond acceptors (Lipinski definition) is 3. The summed E-state index contributed by atoms with van der Waals surface area (Å²) in [4.78, 5) is 12.9. The minimum Gasteiger partial charge on any atom is -0.325 e. The van der Waals surface area contributed by atoms with Crippen molar-refractivity contribution < 1.29 is 13.2 Å². The Morgan fingerprint density at radius 2 is 1.66 bits per heavy atom. The van der Waals surface area contributed by atoms with Crippen LogP contribution in [0.1, 0.15) is 19.4 Å². The van der Waals surface area contributed by atoms with Gasteiger partial charge in [0.2, 0.25) is 15.9 Å². The summed E-state index contributed by atoms with van der Waals surface area (Å²) < 4.78 is 28.4. The van der Waals surface area contributed by atoms with Gasteiger partial charge >= 0.3 is 0 Å². The van der Waals surface area contributed by atoms with Crippen LogP contribution in [0.2, 0.25) is 5.02 Å². The van der Waals surface area contributed by atoms with E-state index in [1.807, 2.05) is 31.2 Å². The van der Waals surface area contributed by atoms with Crippen LogP contribution < -0.4 is 10.0 Å². The molecule has 1 atom stereocenters. The molecule has 0 radical (unpaired) electrons. The molecule has 0 aliphatic heterocycles. The second-order valence-electron chi connectivity index (χ2n) is 7.31. The monoisotopic (exact) mass is 430 g/mol. The molecular weight excluding hydrogens is 408 g/mol. The standard InChI is InChI=1S/C22H23ClN2O3S/c1-14(2)21(22(26)24-18-10-8-15(3)20(23)13-18)25-29(27,28)19-11-9-16-6-4-5-7-17(16)12-19/h4-14,21,25H,1-3H3,(H,24,26). The number of anilines is 1. The van der Waals surface area contributed by atoms with Gasteiger partial charge in [-0.1, -0.05) is 61.8 Å². The normalized spacial score (nSPS) is 12.9. The molecule has 1 unspecified atom stereocenters. The maximum absolute atomic E-state index is 12.9. The van der Waals surface area contributed by atoms with Crippen molar-refractivity contribution in [3.8, 4) is 0 Å². The lowest BCUT2D eigenvalue weighted by molar-refractivity contribution is -0.118. The summed E-state index contributed by atoms with van der Waals surface area (Å²) in [6.45, 7) is 5.44. The first-order valence-corrected chi connectivity index (χ1v) is 11.1. The van der Waals surface area contributed by atoms with Crippen LogP contribution in [0.15, 0.2) is 65.6 Å². The Morgan fingerprint density at radius 1 is 0.966 bits per heavy atom. The van der Waals surface area contributed by atoms with Gasteiger partial charge in [0.1, 0.15) is 6.04 Å². The van der Waals surface area contributed by atoms with Gasteiger partial charge in [0.15, 0.2) is 0 Å². The summed E-state index contributed by atoms with van der Waals surface area (Å²) in [5.41, 5.74) is 1.41. The molecule has 0 aliphatic rings. The van der Waals surface area contributed by atoms with Crippen LogP contribution in [0.3, 0.4) is 0 Å². The predicted molar refractivity (Wildman–Crippen MR) is 118 cm³/mol. The van der Waals surface area contributed by atoms with E-state index in [0.29, 0.717) is 10.7 Å². The van der Waals surface area contributed by atoms with Crippen LogP contribution in [0.25, 0.3) is 10.8 Å². The molecule has 0 spiro atoms. The summed E-state index contributed by atoms with van der Waals surface area (Å²) in [6, 6.07) is 16.6. The van der Waals surface area contributed by atoms with Gasteiger partial charge in [-0.15, -0.1) is 0 Å². The zero-order valence-corrected chi connectivity index (χ0v) is 18.0. The first-order chi connectivity index (χ1) is 13.7. The lowest BCUT2D eigenvalue weighted by Crippen LogP contribution is -2.47. The fourth-order valence-corrected chi connectivity index (χ4v) is 4.51. The highest BCUT2D eigenvalue weighted by atomic mass is 35.5. The number of rotatable bonds is 6. The van der Waals surface area contributed by atoms with Crippen molar-refractivity contribution >= 4 is 44.0 Å². The van der Waals surface area contributed by atoms with Crippen molar-refractivity contribution in [3.05, 3.63) is 71.2 Å². The SMILES string of the molecule is Cc1ccc(NC(=O)C(NS(=O)(=O)c2ccc3ccccc3c2)C(C)C)cc1Cl. The second kappa shape index (κ2) is 8.53. The molecule has 2 N–H and O–H groups in total. The highest BCUT2D eigenvalue weighted by molar-refractivity contribution is 7.89. The van der Waals surface area contributed by atoms with E-state index in [0.717, 1.165) is 16.3 Å². The number of sulfonamides is 1. The average Bonchev–Trinajstić information content (AvgIpc) is 2.68. The molecule has 5 nitrogen and oxygen atoms in total. The smallest absolute Gasteiger partial charge is 0.242 e. The van der Waals surface area contributed by atoms with E-state index in [2.05, 4.69) is 10.0 Å². The van der Waals surface area contributed by atoms with Gasteiger partial charge in [-0.3, -0.25) is 4.79 Å². The Hall–Kier alpha value is -2.41. The molecule has 152 valence electrons. The largest absolute Gasteiger partial charge is 0.325 e. The molecule has 29 heavy (non-hydrogen) atoms. The minimum absolute atomic E-state index is 0.119. The molecule has 1 amide bonds. The number of hydrogen-bond donors (Lipinski definition) is 2. The quantitative estimate of drug-likeness (QED) is 0.592. The molecule has 0 saturated carbocycles. The van der Waals surface area contributed by atoms with Gasteiger partial charge in [-0.05, 0) is 53.4 Å². The maximum Gasteiger partial charge on any atom is 0.242 e. The number of nitrogens with one attached hydrogen (secondary N) is 2. The Bertz CT molecular complexity index is 1160. The van der Waals surface area contributed by atoms with Gasteiger partial charge < -0.3 is 5.32 Å². The maximum atomic E-state index is 12.9. The molecule has 0 aromatic heterocycles. The van der Waals surface area contributed by atoms with Gasteiger partial charge in [0.05, 0.1) is 4.90 Å². The lowest BCUT2D eigenvalue weighted by atomic mass is 10.0. The van der Waals surface area contributed by atoms with E-state index >= 15 is 0 Å². The first kappa shape index (κ1) is 21.3. The topological polar surface area (TPSA) is 75.3 Å². The highest BCUT2D eigenvalue weighted by Crippen LogP contribution is 2.22. The molecule has 0 fully saturated rings. The number of carbonyl (C=O) groups is 1. The van der Waals surface area contributed by atoms with Crippen LogP contribution in [0.5, 0.6) is 0 Å². The molecule has 3 aromatic rings. The van der Waals surface area contributed by atoms with Crippen LogP contribution >= 0.6 is 11.6 Å². The Balaban J connectivity index is 1.84. The molecule has 0 aliphatic carbocycles. The zero-order valence-electron chi connectivity index (χ0n) is 16.4. The second-order valence-corrected chi connectivity index (χ2v) is 9.43. The third-order valence-corrected chi connectivity index (χ3v) is 6.55. The van der Waals surface area contributed by atoms with E-state index < -0.39 is 22.0 Å². The minimum atomic E-state index is -3.89. The summed E-state index contributed by atoms with van der Waals surface area (Å²) in [7, 11) is -3.89. The molecular formula is C22H23ClN2O3S. The summed E-state index contributed by atoms with van der Waals surface area (Å²) in [5.74, 6) is -0.699. The van der Waals surface area contributed by atoms with E-state index in [1.165, 1.54) is 0 Å². The van der Waals surface area contributed by atoms with Gasteiger partial charge in [0, 0.05) is 10.7 Å². The van der Waals surface area contributed by atoms with E-state index in [9.17, 15) is 13.2 Å². The zero-order chi connectivity index (χ0) is 21.2. The molecule has 3 rings (SSSR count). The van der Waals surface area contributed by atoms with Crippen LogP contribution in [-0.2, 0) is 14.8 Å². The van der Waals surface area contributed by atoms with E-state index in [1.54, 1.807) is 50.2 Å². The fraction of sp³-hybridized carbons (Fsp3) is 0.227. The number of benzene rings is 3. The Labute approximate surface area is 176 Å². The van der Waals surface area contributed by atoms with Crippen LogP contribution in [0.4, 0.5) is 5.69 Å². The molecule has 0 bridgehead atoms. The molecule has 0 saturated heterocycles. The number of carbonyl (C=O) groups excluding carboxylic acids is 1. The lowest BCUT2D eigenvalue weighted by Gasteiger charge is -2.22. The summed E-state index contributed by atoms with van der Waals surface area (Å²) in [5, 5.41) is 5.03. The van der Waals surface area contributed by atoms with Crippen molar-refractivity contribution in [2.45, 2.75) is 31.7 Å². The third-order valence-electron chi connectivity index (χ3n) is 4.70. The van der Waals surface area contributed by atoms with E-state index in [4.69, 9.17) is 11.6 Å². The predicted octanol–water partition coefficient (Wildman–Crippen LogP) is 4.74.